The van der Waals surface area contributed by atoms with Gasteiger partial charge in [-0.3, -0.25) is 0 Å². The first kappa shape index (κ1) is 14.8. The van der Waals surface area contributed by atoms with Crippen LogP contribution in [0.5, 0.6) is 5.88 Å². The molecule has 1 heterocycles. The second kappa shape index (κ2) is 7.25. The molecule has 0 radical (unpaired) electrons. The zero-order chi connectivity index (χ0) is 14.4. The van der Waals surface area contributed by atoms with E-state index in [1.807, 2.05) is 25.2 Å². The third-order valence-corrected chi connectivity index (χ3v) is 3.44. The summed E-state index contributed by atoms with van der Waals surface area (Å²) < 4.78 is 5.88. The van der Waals surface area contributed by atoms with Gasteiger partial charge < -0.3 is 10.1 Å². The van der Waals surface area contributed by atoms with Crippen LogP contribution < -0.4 is 10.1 Å². The maximum absolute atomic E-state index is 5.88. The number of ether oxygens (including phenoxy) is 1. The molecule has 0 fully saturated rings. The highest BCUT2D eigenvalue weighted by atomic mass is 16.5. The Morgan fingerprint density at radius 2 is 2.10 bits per heavy atom. The van der Waals surface area contributed by atoms with Crippen LogP contribution in [0, 0.1) is 5.92 Å². The van der Waals surface area contributed by atoms with Gasteiger partial charge >= 0.3 is 0 Å². The summed E-state index contributed by atoms with van der Waals surface area (Å²) >= 11 is 0. The lowest BCUT2D eigenvalue weighted by Gasteiger charge is -2.13. The van der Waals surface area contributed by atoms with Gasteiger partial charge in [0.2, 0.25) is 5.88 Å². The number of nitrogens with zero attached hydrogens (tertiary/aromatic N) is 1. The minimum Gasteiger partial charge on any atom is -0.477 e. The van der Waals surface area contributed by atoms with E-state index in [9.17, 15) is 0 Å². The van der Waals surface area contributed by atoms with Crippen LogP contribution in [0.3, 0.4) is 0 Å². The smallest absolute Gasteiger partial charge is 0.214 e. The quantitative estimate of drug-likeness (QED) is 0.833. The van der Waals surface area contributed by atoms with E-state index in [1.165, 1.54) is 23.8 Å². The Morgan fingerprint density at radius 3 is 2.85 bits per heavy atom. The molecule has 3 nitrogen and oxygen atoms in total. The molecule has 2 rings (SSSR count). The van der Waals surface area contributed by atoms with Crippen LogP contribution in [0.2, 0.25) is 0 Å². The fourth-order valence-corrected chi connectivity index (χ4v) is 2.43. The van der Waals surface area contributed by atoms with E-state index in [2.05, 4.69) is 36.3 Å². The van der Waals surface area contributed by atoms with Crippen LogP contribution in [0.15, 0.2) is 30.3 Å². The molecule has 1 aromatic heterocycles. The van der Waals surface area contributed by atoms with Crippen molar-refractivity contribution >= 4 is 10.9 Å². The molecule has 3 heteroatoms. The molecular formula is C17H24N2O. The van der Waals surface area contributed by atoms with Crippen molar-refractivity contribution in [3.8, 4) is 5.88 Å². The van der Waals surface area contributed by atoms with Crippen molar-refractivity contribution in [1.82, 2.24) is 10.3 Å². The number of aromatic nitrogens is 1. The molecule has 0 saturated carbocycles. The molecule has 0 spiro atoms. The Hall–Kier alpha value is -1.61. The van der Waals surface area contributed by atoms with E-state index >= 15 is 0 Å². The molecule has 0 aliphatic rings. The highest BCUT2D eigenvalue weighted by Gasteiger charge is 2.07. The van der Waals surface area contributed by atoms with Crippen molar-refractivity contribution in [3.63, 3.8) is 0 Å². The average Bonchev–Trinajstić information content (AvgIpc) is 2.46. The van der Waals surface area contributed by atoms with Gasteiger partial charge in [-0.25, -0.2) is 4.98 Å². The number of nitrogens with one attached hydrogen (secondary N) is 1. The Labute approximate surface area is 121 Å². The van der Waals surface area contributed by atoms with Gasteiger partial charge in [-0.15, -0.1) is 0 Å². The van der Waals surface area contributed by atoms with Crippen LogP contribution in [0.25, 0.3) is 10.9 Å². The van der Waals surface area contributed by atoms with Crippen molar-refractivity contribution in [2.45, 2.75) is 33.2 Å². The molecule has 0 aliphatic carbocycles. The van der Waals surface area contributed by atoms with Gasteiger partial charge in [-0.1, -0.05) is 38.5 Å². The number of para-hydroxylation sites is 1. The molecule has 1 aromatic carbocycles. The van der Waals surface area contributed by atoms with E-state index in [4.69, 9.17) is 4.74 Å². The number of hydrogen-bond donors (Lipinski definition) is 1. The summed E-state index contributed by atoms with van der Waals surface area (Å²) in [4.78, 5) is 4.60. The second-order valence-corrected chi connectivity index (χ2v) is 5.37. The highest BCUT2D eigenvalue weighted by molar-refractivity contribution is 5.82. The first-order chi connectivity index (χ1) is 9.74. The predicted molar refractivity (Wildman–Crippen MR) is 84.1 cm³/mol. The Bertz CT molecular complexity index is 554. The van der Waals surface area contributed by atoms with Crippen LogP contribution in [-0.4, -0.2) is 18.6 Å². The van der Waals surface area contributed by atoms with Crippen LogP contribution in [0.1, 0.15) is 32.3 Å². The summed E-state index contributed by atoms with van der Waals surface area (Å²) in [6.45, 7) is 5.98. The molecule has 1 N–H and O–H groups in total. The van der Waals surface area contributed by atoms with Gasteiger partial charge in [-0.05, 0) is 31.0 Å². The maximum atomic E-state index is 5.88. The zero-order valence-corrected chi connectivity index (χ0v) is 12.6. The molecule has 20 heavy (non-hydrogen) atoms. The minimum atomic E-state index is 0.570. The second-order valence-electron chi connectivity index (χ2n) is 5.37. The normalized spacial score (nSPS) is 12.6. The summed E-state index contributed by atoms with van der Waals surface area (Å²) in [5, 5.41) is 4.40. The van der Waals surface area contributed by atoms with Crippen molar-refractivity contribution in [1.29, 1.82) is 0 Å². The number of benzene rings is 1. The van der Waals surface area contributed by atoms with E-state index in [-0.39, 0.29) is 0 Å². The molecule has 0 bridgehead atoms. The third-order valence-electron chi connectivity index (χ3n) is 3.44. The lowest BCUT2D eigenvalue weighted by Crippen LogP contribution is -2.10. The van der Waals surface area contributed by atoms with Gasteiger partial charge in [0.25, 0.3) is 0 Å². The van der Waals surface area contributed by atoms with E-state index in [1.54, 1.807) is 0 Å². The average molecular weight is 272 g/mol. The Morgan fingerprint density at radius 1 is 1.30 bits per heavy atom. The number of pyridine rings is 1. The monoisotopic (exact) mass is 272 g/mol. The maximum Gasteiger partial charge on any atom is 0.214 e. The van der Waals surface area contributed by atoms with Crippen LogP contribution >= 0.6 is 0 Å². The van der Waals surface area contributed by atoms with E-state index in [0.29, 0.717) is 5.92 Å². The van der Waals surface area contributed by atoms with Crippen molar-refractivity contribution in [2.75, 3.05) is 13.7 Å². The number of fused-ring (bicyclic) bond motifs is 1. The third kappa shape index (κ3) is 3.70. The van der Waals surface area contributed by atoms with Gasteiger partial charge in [0, 0.05) is 18.0 Å². The molecular weight excluding hydrogens is 248 g/mol. The molecule has 0 saturated heterocycles. The fourth-order valence-electron chi connectivity index (χ4n) is 2.43. The molecule has 1 atom stereocenters. The van der Waals surface area contributed by atoms with E-state index < -0.39 is 0 Å². The zero-order valence-electron chi connectivity index (χ0n) is 12.6. The number of hydrogen-bond acceptors (Lipinski definition) is 3. The largest absolute Gasteiger partial charge is 0.477 e. The highest BCUT2D eigenvalue weighted by Crippen LogP contribution is 2.22. The first-order valence-corrected chi connectivity index (χ1v) is 7.40. The van der Waals surface area contributed by atoms with Gasteiger partial charge in [0.15, 0.2) is 0 Å². The summed E-state index contributed by atoms with van der Waals surface area (Å²) in [5.74, 6) is 1.30. The molecule has 1 unspecified atom stereocenters. The number of rotatable bonds is 7. The standard InChI is InChI=1S/C17H24N2O/c1-4-7-13(2)12-20-17-10-14(11-18-3)15-8-5-6-9-16(15)19-17/h5-6,8-10,13,18H,4,7,11-12H2,1-3H3. The van der Waals surface area contributed by atoms with Crippen LogP contribution in [0.4, 0.5) is 0 Å². The summed E-state index contributed by atoms with van der Waals surface area (Å²) in [5.41, 5.74) is 2.23. The lowest BCUT2D eigenvalue weighted by atomic mass is 10.1. The molecule has 2 aromatic rings. The van der Waals surface area contributed by atoms with E-state index in [0.717, 1.165) is 24.5 Å². The Balaban J connectivity index is 2.21. The van der Waals surface area contributed by atoms with Crippen molar-refractivity contribution in [3.05, 3.63) is 35.9 Å². The molecule has 0 amide bonds. The lowest BCUT2D eigenvalue weighted by molar-refractivity contribution is 0.243. The topological polar surface area (TPSA) is 34.1 Å². The van der Waals surface area contributed by atoms with Gasteiger partial charge in [0.05, 0.1) is 12.1 Å². The SMILES string of the molecule is CCCC(C)COc1cc(CNC)c2ccccc2n1. The van der Waals surface area contributed by atoms with Crippen molar-refractivity contribution in [2.24, 2.45) is 5.92 Å². The Kier molecular flexibility index (Phi) is 5.36. The fraction of sp³-hybridized carbons (Fsp3) is 0.471. The van der Waals surface area contributed by atoms with Crippen LogP contribution in [-0.2, 0) is 6.54 Å². The van der Waals surface area contributed by atoms with Gasteiger partial charge in [-0.2, -0.15) is 0 Å². The summed E-state index contributed by atoms with van der Waals surface area (Å²) in [6, 6.07) is 10.3. The minimum absolute atomic E-state index is 0.570. The van der Waals surface area contributed by atoms with Crippen molar-refractivity contribution < 1.29 is 4.74 Å². The summed E-state index contributed by atoms with van der Waals surface area (Å²) in [7, 11) is 1.96. The predicted octanol–water partition coefficient (Wildman–Crippen LogP) is 3.77. The van der Waals surface area contributed by atoms with Gasteiger partial charge in [0.1, 0.15) is 0 Å². The summed E-state index contributed by atoms with van der Waals surface area (Å²) in [6.07, 6.45) is 2.39. The molecule has 0 aliphatic heterocycles. The molecule has 108 valence electrons. The first-order valence-electron chi connectivity index (χ1n) is 7.40.